The van der Waals surface area contributed by atoms with Gasteiger partial charge in [0.25, 0.3) is 6.33 Å². The summed E-state index contributed by atoms with van der Waals surface area (Å²) < 4.78 is 113. The van der Waals surface area contributed by atoms with E-state index in [0.29, 0.717) is 0 Å². The molecule has 0 bridgehead atoms. The highest BCUT2D eigenvalue weighted by Crippen LogP contribution is 2.36. The fraction of sp³-hybridized carbons (Fsp3) is 0.385. The molecular formula is C13H14F6N4O4S2. The van der Waals surface area contributed by atoms with Gasteiger partial charge in [-0.1, -0.05) is 25.1 Å². The molecule has 0 saturated heterocycles. The number of sulfonamides is 2. The first-order valence-corrected chi connectivity index (χ1v) is 10.3. The maximum atomic E-state index is 11.4. The van der Waals surface area contributed by atoms with Gasteiger partial charge in [-0.15, -0.1) is 4.68 Å². The third-order valence-corrected chi connectivity index (χ3v) is 5.61. The van der Waals surface area contributed by atoms with E-state index in [2.05, 4.69) is 24.2 Å². The molecule has 1 aromatic carbocycles. The van der Waals surface area contributed by atoms with E-state index in [4.69, 9.17) is 0 Å². The van der Waals surface area contributed by atoms with Gasteiger partial charge in [0.1, 0.15) is 12.2 Å². The predicted octanol–water partition coefficient (Wildman–Crippen LogP) is 2.63. The lowest BCUT2D eigenvalue weighted by molar-refractivity contribution is -0.596. The highest BCUT2D eigenvalue weighted by Gasteiger charge is 2.46. The smallest absolute Gasteiger partial charge is 0.421 e. The third kappa shape index (κ3) is 6.97. The Morgan fingerprint density at radius 2 is 1.45 bits per heavy atom. The third-order valence-electron chi connectivity index (χ3n) is 2.87. The van der Waals surface area contributed by atoms with Crippen molar-refractivity contribution in [3.8, 4) is 5.69 Å². The van der Waals surface area contributed by atoms with Crippen LogP contribution in [0.3, 0.4) is 0 Å². The summed E-state index contributed by atoms with van der Waals surface area (Å²) in [5.74, 6) is 0. The van der Waals surface area contributed by atoms with Crippen LogP contribution in [0, 0.1) is 0 Å². The number of benzene rings is 1. The molecule has 0 N–H and O–H groups in total. The number of nitrogens with zero attached hydrogens (tertiary/aromatic N) is 4. The van der Waals surface area contributed by atoms with Gasteiger partial charge in [0, 0.05) is 5.10 Å². The molecule has 0 radical (unpaired) electrons. The molecule has 0 amide bonds. The topological polar surface area (TPSA) is 104 Å². The van der Waals surface area contributed by atoms with E-state index in [-0.39, 0.29) is 0 Å². The number of alkyl halides is 6. The van der Waals surface area contributed by atoms with Crippen LogP contribution in [-0.2, 0) is 26.6 Å². The lowest BCUT2D eigenvalue weighted by Crippen LogP contribution is -2.30. The standard InChI is InChI=1S/C11H14N3.C2F6NO4S2/c1-2-8-14-10-13(9-12-14)11-6-4-3-5-7-11;3-1(4,5)14(10,11)9-15(12,13)2(6,7)8/h3-7,9-10H,2,8H2,1H3;/q+1;-1. The molecule has 29 heavy (non-hydrogen) atoms. The van der Waals surface area contributed by atoms with Gasteiger partial charge in [0.2, 0.25) is 6.33 Å². The second-order valence-corrected chi connectivity index (χ2v) is 8.59. The summed E-state index contributed by atoms with van der Waals surface area (Å²) in [6, 6.07) is 10.2. The van der Waals surface area contributed by atoms with E-state index in [1.165, 1.54) is 0 Å². The Kier molecular flexibility index (Phi) is 7.78. The van der Waals surface area contributed by atoms with E-state index in [1.54, 1.807) is 0 Å². The highest BCUT2D eigenvalue weighted by atomic mass is 32.3. The second kappa shape index (κ2) is 9.08. The van der Waals surface area contributed by atoms with Gasteiger partial charge in [-0.25, -0.2) is 21.4 Å². The molecule has 2 aromatic rings. The molecule has 2 rings (SSSR count). The molecule has 0 spiro atoms. The number of para-hydroxylation sites is 1. The van der Waals surface area contributed by atoms with Crippen LogP contribution in [-0.4, -0.2) is 37.6 Å². The van der Waals surface area contributed by atoms with E-state index in [0.717, 1.165) is 22.8 Å². The second-order valence-electron chi connectivity index (χ2n) is 5.17. The van der Waals surface area contributed by atoms with E-state index in [9.17, 15) is 43.2 Å². The van der Waals surface area contributed by atoms with Crippen LogP contribution >= 0.6 is 0 Å². The van der Waals surface area contributed by atoms with Crippen molar-refractivity contribution < 1.29 is 47.7 Å². The number of rotatable bonds is 5. The largest absolute Gasteiger partial charge is 0.480 e. The van der Waals surface area contributed by atoms with Gasteiger partial charge in [0.05, 0.1) is 0 Å². The molecule has 0 unspecified atom stereocenters. The summed E-state index contributed by atoms with van der Waals surface area (Å²) in [5, 5.41) is 4.26. The summed E-state index contributed by atoms with van der Waals surface area (Å²) in [6.45, 7) is 3.12. The monoisotopic (exact) mass is 468 g/mol. The zero-order valence-electron chi connectivity index (χ0n) is 14.5. The summed E-state index contributed by atoms with van der Waals surface area (Å²) >= 11 is 0. The average molecular weight is 468 g/mol. The van der Waals surface area contributed by atoms with Crippen LogP contribution in [0.5, 0.6) is 0 Å². The summed E-state index contributed by atoms with van der Waals surface area (Å²) in [6.07, 6.45) is 4.96. The van der Waals surface area contributed by atoms with Gasteiger partial charge in [-0.3, -0.25) is 0 Å². The molecule has 1 aromatic heterocycles. The molecule has 164 valence electrons. The van der Waals surface area contributed by atoms with Gasteiger partial charge < -0.3 is 4.13 Å². The number of aryl methyl sites for hydroxylation is 1. The van der Waals surface area contributed by atoms with Crippen molar-refractivity contribution in [3.05, 3.63) is 47.1 Å². The van der Waals surface area contributed by atoms with Gasteiger partial charge in [-0.2, -0.15) is 26.3 Å². The minimum absolute atomic E-state index is 0.778. The molecule has 0 fully saturated rings. The van der Waals surface area contributed by atoms with Crippen molar-refractivity contribution in [2.45, 2.75) is 30.9 Å². The van der Waals surface area contributed by atoms with Crippen LogP contribution in [0.1, 0.15) is 13.3 Å². The van der Waals surface area contributed by atoms with Crippen molar-refractivity contribution in [2.75, 3.05) is 0 Å². The molecule has 1 heterocycles. The van der Waals surface area contributed by atoms with Crippen molar-refractivity contribution in [3.63, 3.8) is 0 Å². The first kappa shape index (κ1) is 24.8. The molecule has 0 saturated carbocycles. The minimum atomic E-state index is -6.72. The van der Waals surface area contributed by atoms with Crippen LogP contribution in [0.2, 0.25) is 0 Å². The zero-order chi connectivity index (χ0) is 22.5. The number of hydrogen-bond donors (Lipinski definition) is 0. The Hall–Kier alpha value is -2.20. The van der Waals surface area contributed by atoms with Gasteiger partial charge in [0.15, 0.2) is 20.0 Å². The predicted molar refractivity (Wildman–Crippen MR) is 87.4 cm³/mol. The zero-order valence-corrected chi connectivity index (χ0v) is 16.1. The first-order valence-electron chi connectivity index (χ1n) is 7.46. The van der Waals surface area contributed by atoms with E-state index in [1.807, 2.05) is 40.1 Å². The van der Waals surface area contributed by atoms with Crippen molar-refractivity contribution in [1.29, 1.82) is 0 Å². The fourth-order valence-electron chi connectivity index (χ4n) is 1.62. The number of hydrogen-bond acceptors (Lipinski definition) is 5. The quantitative estimate of drug-likeness (QED) is 0.496. The van der Waals surface area contributed by atoms with E-state index < -0.39 is 31.1 Å². The summed E-state index contributed by atoms with van der Waals surface area (Å²) in [4.78, 5) is 0. The van der Waals surface area contributed by atoms with Crippen molar-refractivity contribution in [2.24, 2.45) is 0 Å². The Morgan fingerprint density at radius 1 is 0.966 bits per heavy atom. The normalized spacial score (nSPS) is 12.9. The molecular weight excluding hydrogens is 454 g/mol. The Morgan fingerprint density at radius 3 is 1.86 bits per heavy atom. The number of aromatic nitrogens is 3. The molecule has 0 aliphatic rings. The Bertz CT molecular complexity index is 960. The van der Waals surface area contributed by atoms with Crippen LogP contribution in [0.15, 0.2) is 43.0 Å². The molecule has 0 atom stereocenters. The molecule has 8 nitrogen and oxygen atoms in total. The Balaban J connectivity index is 0.000000290. The lowest BCUT2D eigenvalue weighted by atomic mass is 10.3. The van der Waals surface area contributed by atoms with Crippen LogP contribution in [0.4, 0.5) is 26.3 Å². The highest BCUT2D eigenvalue weighted by molar-refractivity contribution is 8.13. The summed E-state index contributed by atoms with van der Waals surface area (Å²) in [5.41, 5.74) is -11.3. The molecule has 0 aliphatic heterocycles. The van der Waals surface area contributed by atoms with Crippen LogP contribution < -0.4 is 4.57 Å². The van der Waals surface area contributed by atoms with Crippen molar-refractivity contribution >= 4 is 20.0 Å². The Labute approximate surface area is 161 Å². The fourth-order valence-corrected chi connectivity index (χ4v) is 3.33. The first-order chi connectivity index (χ1) is 13.1. The van der Waals surface area contributed by atoms with Gasteiger partial charge >= 0.3 is 11.0 Å². The summed E-state index contributed by atoms with van der Waals surface area (Å²) in [7, 11) is -13.4. The molecule has 0 aliphatic carbocycles. The van der Waals surface area contributed by atoms with Crippen LogP contribution in [0.25, 0.3) is 9.81 Å². The van der Waals surface area contributed by atoms with Crippen molar-refractivity contribution in [1.82, 2.24) is 9.78 Å². The van der Waals surface area contributed by atoms with Gasteiger partial charge in [-0.05, 0) is 18.6 Å². The maximum absolute atomic E-state index is 11.4. The average Bonchev–Trinajstić information content (AvgIpc) is 3.02. The lowest BCUT2D eigenvalue weighted by Gasteiger charge is -2.22. The SMILES string of the molecule is CCCn1c[n+](-c2ccccc2)cn1.O=S(=O)([N-]S(=O)(=O)C(F)(F)F)C(F)(F)F. The van der Waals surface area contributed by atoms with E-state index >= 15 is 0 Å². The molecule has 16 heteroatoms. The minimum Gasteiger partial charge on any atom is -0.421 e. The number of halogens is 6. The maximum Gasteiger partial charge on any atom is 0.480 e.